The molecule has 21 heavy (non-hydrogen) atoms. The number of hydrogen-bond donors (Lipinski definition) is 1. The lowest BCUT2D eigenvalue weighted by Crippen LogP contribution is -2.18. The van der Waals surface area contributed by atoms with Crippen LogP contribution in [0.1, 0.15) is 47.4 Å². The van der Waals surface area contributed by atoms with Crippen LogP contribution in [0.4, 0.5) is 0 Å². The van der Waals surface area contributed by atoms with Crippen molar-refractivity contribution in [1.82, 2.24) is 10.1 Å². The second kappa shape index (κ2) is 5.95. The maximum Gasteiger partial charge on any atom is 0.255 e. The lowest BCUT2D eigenvalue weighted by atomic mass is 10.1. The minimum Gasteiger partial charge on any atom is -0.364 e. The van der Waals surface area contributed by atoms with Crippen LogP contribution in [0.15, 0.2) is 22.7 Å². The first-order valence-electron chi connectivity index (χ1n) is 7.39. The second-order valence-corrected chi connectivity index (χ2v) is 5.78. The first-order chi connectivity index (χ1) is 10.1. The van der Waals surface area contributed by atoms with Crippen molar-refractivity contribution in [2.24, 2.45) is 5.73 Å². The van der Waals surface area contributed by atoms with Gasteiger partial charge in [0, 0.05) is 13.0 Å². The molecule has 1 fully saturated rings. The Kier molecular flexibility index (Phi) is 4.03. The van der Waals surface area contributed by atoms with E-state index in [2.05, 4.69) is 42.2 Å². The number of benzene rings is 1. The van der Waals surface area contributed by atoms with Crippen molar-refractivity contribution >= 4 is 0 Å². The minimum atomic E-state index is -0.0981. The summed E-state index contributed by atoms with van der Waals surface area (Å²) in [5, 5.41) is 4.07. The van der Waals surface area contributed by atoms with E-state index in [1.807, 2.05) is 0 Å². The molecule has 0 aliphatic carbocycles. The van der Waals surface area contributed by atoms with Crippen LogP contribution in [-0.4, -0.2) is 22.8 Å². The molecule has 2 unspecified atom stereocenters. The van der Waals surface area contributed by atoms with Gasteiger partial charge >= 0.3 is 0 Å². The SMILES string of the molecule is Cc1cc(C)cc(Cc2noc(C3CCC(CN)O3)n2)c1. The monoisotopic (exact) mass is 287 g/mol. The second-order valence-electron chi connectivity index (χ2n) is 5.78. The topological polar surface area (TPSA) is 74.2 Å². The van der Waals surface area contributed by atoms with Crippen LogP contribution in [0.25, 0.3) is 0 Å². The molecule has 1 saturated heterocycles. The lowest BCUT2D eigenvalue weighted by molar-refractivity contribution is 0.0307. The van der Waals surface area contributed by atoms with Crippen LogP contribution >= 0.6 is 0 Å². The van der Waals surface area contributed by atoms with Gasteiger partial charge in [0.15, 0.2) is 5.82 Å². The Morgan fingerprint density at radius 2 is 1.95 bits per heavy atom. The number of nitrogens with two attached hydrogens (primary N) is 1. The zero-order valence-electron chi connectivity index (χ0n) is 12.5. The predicted octanol–water partition coefficient (Wildman–Crippen LogP) is 2.46. The Labute approximate surface area is 124 Å². The Balaban J connectivity index is 1.70. The summed E-state index contributed by atoms with van der Waals surface area (Å²) in [5.41, 5.74) is 9.32. The first kappa shape index (κ1) is 14.2. The summed E-state index contributed by atoms with van der Waals surface area (Å²) in [7, 11) is 0. The van der Waals surface area contributed by atoms with Gasteiger partial charge in [-0.1, -0.05) is 34.5 Å². The van der Waals surface area contributed by atoms with Crippen LogP contribution in [0.5, 0.6) is 0 Å². The van der Waals surface area contributed by atoms with E-state index < -0.39 is 0 Å². The first-order valence-corrected chi connectivity index (χ1v) is 7.39. The number of aromatic nitrogens is 2. The molecule has 2 atom stereocenters. The van der Waals surface area contributed by atoms with Gasteiger partial charge in [0.1, 0.15) is 6.10 Å². The average molecular weight is 287 g/mol. The van der Waals surface area contributed by atoms with Crippen molar-refractivity contribution in [2.75, 3.05) is 6.54 Å². The summed E-state index contributed by atoms with van der Waals surface area (Å²) in [4.78, 5) is 4.47. The van der Waals surface area contributed by atoms with E-state index >= 15 is 0 Å². The zero-order valence-corrected chi connectivity index (χ0v) is 12.5. The fourth-order valence-electron chi connectivity index (χ4n) is 2.88. The summed E-state index contributed by atoms with van der Waals surface area (Å²) < 4.78 is 11.1. The van der Waals surface area contributed by atoms with Gasteiger partial charge in [-0.3, -0.25) is 0 Å². The van der Waals surface area contributed by atoms with Gasteiger partial charge in [-0.15, -0.1) is 0 Å². The molecule has 2 heterocycles. The smallest absolute Gasteiger partial charge is 0.255 e. The van der Waals surface area contributed by atoms with E-state index in [0.717, 1.165) is 12.8 Å². The van der Waals surface area contributed by atoms with E-state index in [1.54, 1.807) is 0 Å². The third-order valence-electron chi connectivity index (χ3n) is 3.77. The molecule has 112 valence electrons. The number of aryl methyl sites for hydroxylation is 2. The van der Waals surface area contributed by atoms with Crippen LogP contribution in [0, 0.1) is 13.8 Å². The van der Waals surface area contributed by atoms with Crippen molar-refractivity contribution in [2.45, 2.75) is 45.3 Å². The molecule has 0 saturated carbocycles. The number of ether oxygens (including phenoxy) is 1. The maximum atomic E-state index is 5.78. The van der Waals surface area contributed by atoms with Gasteiger partial charge < -0.3 is 15.0 Å². The van der Waals surface area contributed by atoms with Gasteiger partial charge in [-0.25, -0.2) is 0 Å². The fourth-order valence-corrected chi connectivity index (χ4v) is 2.88. The quantitative estimate of drug-likeness (QED) is 0.935. The third kappa shape index (κ3) is 3.31. The maximum absolute atomic E-state index is 5.78. The molecule has 0 amide bonds. The highest BCUT2D eigenvalue weighted by Crippen LogP contribution is 2.31. The summed E-state index contributed by atoms with van der Waals surface area (Å²) in [6, 6.07) is 6.46. The van der Waals surface area contributed by atoms with E-state index in [0.29, 0.717) is 24.7 Å². The van der Waals surface area contributed by atoms with Gasteiger partial charge in [-0.05, 0) is 32.3 Å². The normalized spacial score (nSPS) is 21.9. The molecule has 1 aliphatic rings. The van der Waals surface area contributed by atoms with E-state index in [4.69, 9.17) is 15.0 Å². The van der Waals surface area contributed by atoms with E-state index in [1.165, 1.54) is 16.7 Å². The molecule has 1 aromatic heterocycles. The van der Waals surface area contributed by atoms with Gasteiger partial charge in [0.25, 0.3) is 5.89 Å². The number of nitrogens with zero attached hydrogens (tertiary/aromatic N) is 2. The molecule has 1 aliphatic heterocycles. The molecule has 5 nitrogen and oxygen atoms in total. The molecule has 0 spiro atoms. The van der Waals surface area contributed by atoms with Crippen molar-refractivity contribution in [1.29, 1.82) is 0 Å². The van der Waals surface area contributed by atoms with Crippen molar-refractivity contribution in [3.05, 3.63) is 46.6 Å². The summed E-state index contributed by atoms with van der Waals surface area (Å²) >= 11 is 0. The van der Waals surface area contributed by atoms with Gasteiger partial charge in [0.05, 0.1) is 6.10 Å². The standard InChI is InChI=1S/C16H21N3O2/c1-10-5-11(2)7-12(6-10)8-15-18-16(21-19-15)14-4-3-13(9-17)20-14/h5-7,13-14H,3-4,8-9,17H2,1-2H3. The predicted molar refractivity (Wildman–Crippen MR) is 78.9 cm³/mol. The highest BCUT2D eigenvalue weighted by Gasteiger charge is 2.29. The number of hydrogen-bond acceptors (Lipinski definition) is 5. The molecule has 1 aromatic carbocycles. The lowest BCUT2D eigenvalue weighted by Gasteiger charge is -2.07. The Hall–Kier alpha value is -1.72. The summed E-state index contributed by atoms with van der Waals surface area (Å²) in [5.74, 6) is 1.28. The third-order valence-corrected chi connectivity index (χ3v) is 3.77. The fraction of sp³-hybridized carbons (Fsp3) is 0.500. The van der Waals surface area contributed by atoms with E-state index in [9.17, 15) is 0 Å². The zero-order chi connectivity index (χ0) is 14.8. The summed E-state index contributed by atoms with van der Waals surface area (Å²) in [6.07, 6.45) is 2.55. The molecule has 2 aromatic rings. The van der Waals surface area contributed by atoms with Crippen LogP contribution in [0.3, 0.4) is 0 Å². The molecule has 5 heteroatoms. The molecule has 0 bridgehead atoms. The molecular weight excluding hydrogens is 266 g/mol. The van der Waals surface area contributed by atoms with Crippen molar-refractivity contribution in [3.8, 4) is 0 Å². The minimum absolute atomic E-state index is 0.0981. The molecule has 2 N–H and O–H groups in total. The van der Waals surface area contributed by atoms with Gasteiger partial charge in [0.2, 0.25) is 0 Å². The Bertz CT molecular complexity index is 603. The van der Waals surface area contributed by atoms with E-state index in [-0.39, 0.29) is 12.2 Å². The number of rotatable bonds is 4. The largest absolute Gasteiger partial charge is 0.364 e. The highest BCUT2D eigenvalue weighted by atomic mass is 16.5. The van der Waals surface area contributed by atoms with Gasteiger partial charge in [-0.2, -0.15) is 4.98 Å². The highest BCUT2D eigenvalue weighted by molar-refractivity contribution is 5.30. The average Bonchev–Trinajstić information content (AvgIpc) is 3.05. The Morgan fingerprint density at radius 1 is 1.19 bits per heavy atom. The molecular formula is C16H21N3O2. The molecule has 3 rings (SSSR count). The van der Waals surface area contributed by atoms with Crippen LogP contribution in [0.2, 0.25) is 0 Å². The van der Waals surface area contributed by atoms with Crippen LogP contribution < -0.4 is 5.73 Å². The van der Waals surface area contributed by atoms with Crippen molar-refractivity contribution < 1.29 is 9.26 Å². The van der Waals surface area contributed by atoms with Crippen molar-refractivity contribution in [3.63, 3.8) is 0 Å². The van der Waals surface area contributed by atoms with Crippen LogP contribution in [-0.2, 0) is 11.2 Å². The summed E-state index contributed by atoms with van der Waals surface area (Å²) in [6.45, 7) is 4.73. The molecule has 0 radical (unpaired) electrons. The Morgan fingerprint density at radius 3 is 2.62 bits per heavy atom.